The first-order valence-corrected chi connectivity index (χ1v) is 8.99. The highest BCUT2D eigenvalue weighted by Crippen LogP contribution is 2.36. The van der Waals surface area contributed by atoms with Crippen molar-refractivity contribution in [1.82, 2.24) is 4.98 Å². The number of para-hydroxylation sites is 1. The number of fused-ring (bicyclic) bond motifs is 1. The van der Waals surface area contributed by atoms with Crippen LogP contribution in [0.5, 0.6) is 17.2 Å². The van der Waals surface area contributed by atoms with Gasteiger partial charge in [-0.2, -0.15) is 0 Å². The SMILES string of the molecule is COc1cc(Br)cc(/C=C/c2ccc3cccc(OC)c3n2)c1OC(C)=O. The average Bonchev–Trinajstić information content (AvgIpc) is 2.66. The standard InChI is InChI=1S/C21H18BrNO4/c1-13(24)27-21-15(11-16(22)12-19(21)26-3)8-10-17-9-7-14-5-4-6-18(25-2)20(14)23-17/h4-12H,1-3H3/b10-8+. The molecule has 0 N–H and O–H groups in total. The number of esters is 1. The second kappa shape index (κ2) is 8.22. The lowest BCUT2D eigenvalue weighted by molar-refractivity contribution is -0.132. The zero-order valence-corrected chi connectivity index (χ0v) is 16.7. The Morgan fingerprint density at radius 2 is 1.81 bits per heavy atom. The number of halogens is 1. The van der Waals surface area contributed by atoms with Crippen LogP contribution in [0.15, 0.2) is 46.9 Å². The second-order valence-corrected chi connectivity index (χ2v) is 6.64. The number of methoxy groups -OCH3 is 2. The Bertz CT molecular complexity index is 1030. The molecular weight excluding hydrogens is 410 g/mol. The third-order valence-corrected chi connectivity index (χ3v) is 4.33. The van der Waals surface area contributed by atoms with Gasteiger partial charge >= 0.3 is 5.97 Å². The van der Waals surface area contributed by atoms with Crippen molar-refractivity contribution in [2.24, 2.45) is 0 Å². The molecule has 0 saturated heterocycles. The predicted molar refractivity (Wildman–Crippen MR) is 109 cm³/mol. The van der Waals surface area contributed by atoms with Crippen molar-refractivity contribution < 1.29 is 19.0 Å². The number of nitrogens with zero attached hydrogens (tertiary/aromatic N) is 1. The van der Waals surface area contributed by atoms with E-state index in [0.717, 1.165) is 21.1 Å². The van der Waals surface area contributed by atoms with E-state index < -0.39 is 5.97 Å². The molecular formula is C21H18BrNO4. The van der Waals surface area contributed by atoms with E-state index in [0.29, 0.717) is 22.8 Å². The number of carbonyl (C=O) groups excluding carboxylic acids is 1. The van der Waals surface area contributed by atoms with Gasteiger partial charge < -0.3 is 14.2 Å². The van der Waals surface area contributed by atoms with Crippen molar-refractivity contribution in [2.75, 3.05) is 14.2 Å². The van der Waals surface area contributed by atoms with E-state index in [-0.39, 0.29) is 0 Å². The molecule has 0 spiro atoms. The van der Waals surface area contributed by atoms with Crippen LogP contribution in [0.4, 0.5) is 0 Å². The molecule has 27 heavy (non-hydrogen) atoms. The third-order valence-electron chi connectivity index (χ3n) is 3.87. The molecule has 0 aliphatic heterocycles. The molecule has 138 valence electrons. The Kier molecular flexibility index (Phi) is 5.76. The van der Waals surface area contributed by atoms with Crippen molar-refractivity contribution in [2.45, 2.75) is 6.92 Å². The van der Waals surface area contributed by atoms with E-state index in [1.807, 2.05) is 48.6 Å². The van der Waals surface area contributed by atoms with Gasteiger partial charge in [0, 0.05) is 22.3 Å². The van der Waals surface area contributed by atoms with Gasteiger partial charge in [0.15, 0.2) is 11.5 Å². The van der Waals surface area contributed by atoms with Crippen molar-refractivity contribution in [1.29, 1.82) is 0 Å². The molecule has 0 saturated carbocycles. The molecule has 3 rings (SSSR count). The van der Waals surface area contributed by atoms with Crippen LogP contribution in [-0.4, -0.2) is 25.2 Å². The number of carbonyl (C=O) groups is 1. The molecule has 0 radical (unpaired) electrons. The number of rotatable bonds is 5. The summed E-state index contributed by atoms with van der Waals surface area (Å²) in [5, 5.41) is 0.997. The quantitative estimate of drug-likeness (QED) is 0.418. The lowest BCUT2D eigenvalue weighted by atomic mass is 10.1. The summed E-state index contributed by atoms with van der Waals surface area (Å²) in [6.45, 7) is 1.35. The molecule has 0 aliphatic carbocycles. The second-order valence-electron chi connectivity index (χ2n) is 5.72. The fourth-order valence-electron chi connectivity index (χ4n) is 2.68. The zero-order valence-electron chi connectivity index (χ0n) is 15.2. The Morgan fingerprint density at radius 3 is 2.52 bits per heavy atom. The highest BCUT2D eigenvalue weighted by Gasteiger charge is 2.13. The smallest absolute Gasteiger partial charge is 0.308 e. The van der Waals surface area contributed by atoms with Gasteiger partial charge in [0.25, 0.3) is 0 Å². The van der Waals surface area contributed by atoms with Gasteiger partial charge in [0.1, 0.15) is 11.3 Å². The maximum absolute atomic E-state index is 11.5. The minimum atomic E-state index is -0.418. The maximum Gasteiger partial charge on any atom is 0.308 e. The fourth-order valence-corrected chi connectivity index (χ4v) is 3.14. The lowest BCUT2D eigenvalue weighted by Crippen LogP contribution is -2.04. The van der Waals surface area contributed by atoms with Gasteiger partial charge in [-0.1, -0.05) is 34.1 Å². The Morgan fingerprint density at radius 1 is 1.04 bits per heavy atom. The minimum Gasteiger partial charge on any atom is -0.494 e. The van der Waals surface area contributed by atoms with Crippen LogP contribution in [0.25, 0.3) is 23.1 Å². The first-order chi connectivity index (χ1) is 13.0. The molecule has 0 atom stereocenters. The van der Waals surface area contributed by atoms with Crippen LogP contribution in [0.2, 0.25) is 0 Å². The van der Waals surface area contributed by atoms with E-state index in [9.17, 15) is 4.79 Å². The first-order valence-electron chi connectivity index (χ1n) is 8.19. The molecule has 5 nitrogen and oxygen atoms in total. The first kappa shape index (κ1) is 18.9. The number of aromatic nitrogens is 1. The summed E-state index contributed by atoms with van der Waals surface area (Å²) in [5.41, 5.74) is 2.23. The Hall–Kier alpha value is -2.86. The van der Waals surface area contributed by atoms with Gasteiger partial charge in [0.2, 0.25) is 0 Å². The zero-order chi connectivity index (χ0) is 19.4. The van der Waals surface area contributed by atoms with E-state index >= 15 is 0 Å². The summed E-state index contributed by atoms with van der Waals surface area (Å²) >= 11 is 3.45. The summed E-state index contributed by atoms with van der Waals surface area (Å²) in [6, 6.07) is 13.3. The summed E-state index contributed by atoms with van der Waals surface area (Å²) in [6.07, 6.45) is 3.68. The summed E-state index contributed by atoms with van der Waals surface area (Å²) in [5.74, 6) is 1.13. The molecule has 2 aromatic carbocycles. The van der Waals surface area contributed by atoms with Crippen molar-refractivity contribution in [3.8, 4) is 17.2 Å². The van der Waals surface area contributed by atoms with Crippen LogP contribution < -0.4 is 14.2 Å². The van der Waals surface area contributed by atoms with Crippen molar-refractivity contribution in [3.05, 3.63) is 58.2 Å². The predicted octanol–water partition coefficient (Wildman–Crippen LogP) is 5.11. The lowest BCUT2D eigenvalue weighted by Gasteiger charge is -2.12. The molecule has 0 unspecified atom stereocenters. The van der Waals surface area contributed by atoms with Crippen LogP contribution in [0.1, 0.15) is 18.2 Å². The van der Waals surface area contributed by atoms with E-state index in [1.165, 1.54) is 14.0 Å². The molecule has 1 heterocycles. The summed E-state index contributed by atoms with van der Waals surface area (Å²) < 4.78 is 16.9. The van der Waals surface area contributed by atoms with Gasteiger partial charge in [-0.15, -0.1) is 0 Å². The molecule has 3 aromatic rings. The summed E-state index contributed by atoms with van der Waals surface area (Å²) in [4.78, 5) is 16.1. The summed E-state index contributed by atoms with van der Waals surface area (Å²) in [7, 11) is 3.15. The van der Waals surface area contributed by atoms with E-state index in [2.05, 4.69) is 20.9 Å². The maximum atomic E-state index is 11.5. The number of hydrogen-bond acceptors (Lipinski definition) is 5. The number of hydrogen-bond donors (Lipinski definition) is 0. The molecule has 0 bridgehead atoms. The Labute approximate surface area is 165 Å². The molecule has 0 fully saturated rings. The number of ether oxygens (including phenoxy) is 3. The minimum absolute atomic E-state index is 0.364. The molecule has 6 heteroatoms. The van der Waals surface area contributed by atoms with Crippen molar-refractivity contribution in [3.63, 3.8) is 0 Å². The normalized spacial score (nSPS) is 11.0. The van der Waals surface area contributed by atoms with Gasteiger partial charge in [-0.05, 0) is 36.4 Å². The van der Waals surface area contributed by atoms with E-state index in [4.69, 9.17) is 14.2 Å². The molecule has 0 aliphatic rings. The molecule has 0 amide bonds. The van der Waals surface area contributed by atoms with Crippen molar-refractivity contribution >= 4 is 45.0 Å². The van der Waals surface area contributed by atoms with Crippen LogP contribution in [0, 0.1) is 0 Å². The highest BCUT2D eigenvalue weighted by molar-refractivity contribution is 9.10. The van der Waals surface area contributed by atoms with Gasteiger partial charge in [-0.3, -0.25) is 4.79 Å². The monoisotopic (exact) mass is 427 g/mol. The van der Waals surface area contributed by atoms with Gasteiger partial charge in [-0.25, -0.2) is 4.98 Å². The van der Waals surface area contributed by atoms with Crippen LogP contribution >= 0.6 is 15.9 Å². The largest absolute Gasteiger partial charge is 0.494 e. The van der Waals surface area contributed by atoms with E-state index in [1.54, 1.807) is 13.2 Å². The topological polar surface area (TPSA) is 57.6 Å². The van der Waals surface area contributed by atoms with Crippen LogP contribution in [0.3, 0.4) is 0 Å². The highest BCUT2D eigenvalue weighted by atomic mass is 79.9. The number of pyridine rings is 1. The Balaban J connectivity index is 2.04. The number of benzene rings is 2. The third kappa shape index (κ3) is 4.28. The molecule has 1 aromatic heterocycles. The fraction of sp³-hybridized carbons (Fsp3) is 0.143. The average molecular weight is 428 g/mol. The van der Waals surface area contributed by atoms with Crippen LogP contribution in [-0.2, 0) is 4.79 Å². The van der Waals surface area contributed by atoms with Gasteiger partial charge in [0.05, 0.1) is 19.9 Å².